The molecule has 0 saturated heterocycles. The van der Waals surface area contributed by atoms with Gasteiger partial charge in [0.25, 0.3) is 0 Å². The smallest absolute Gasteiger partial charge is 0.0762 e. The Bertz CT molecular complexity index is 525. The van der Waals surface area contributed by atoms with Crippen molar-refractivity contribution >= 4 is 10.9 Å². The second-order valence-corrected chi connectivity index (χ2v) is 4.77. The molecule has 0 saturated carbocycles. The molecule has 2 nitrogen and oxygen atoms in total. The maximum atomic E-state index is 9.61. The Morgan fingerprint density at radius 1 is 1.25 bits per heavy atom. The van der Waals surface area contributed by atoms with Crippen molar-refractivity contribution in [2.75, 3.05) is 0 Å². The third-order valence-corrected chi connectivity index (χ3v) is 3.60. The second-order valence-electron chi connectivity index (χ2n) is 4.77. The van der Waals surface area contributed by atoms with Crippen LogP contribution >= 0.6 is 0 Å². The lowest BCUT2D eigenvalue weighted by Crippen LogP contribution is -2.00. The molecule has 2 N–H and O–H groups in total. The maximum absolute atomic E-state index is 9.61. The minimum absolute atomic E-state index is 0.376. The molecular weight excluding hydrogens is 198 g/mol. The standard InChI is InChI=1S/C14H17NO/c1-9(16)10-6-7-14-12(8-10)11-4-2-3-5-13(11)15-14/h6-9,15-16H,2-5H2,1H3. The average Bonchev–Trinajstić information content (AvgIpc) is 2.66. The van der Waals surface area contributed by atoms with Crippen LogP contribution in [0.25, 0.3) is 10.9 Å². The van der Waals surface area contributed by atoms with E-state index in [1.165, 1.54) is 47.8 Å². The van der Waals surface area contributed by atoms with E-state index in [0.717, 1.165) is 5.56 Å². The molecule has 0 amide bonds. The Labute approximate surface area is 95.3 Å². The molecule has 2 heteroatoms. The minimum Gasteiger partial charge on any atom is -0.389 e. The van der Waals surface area contributed by atoms with E-state index < -0.39 is 0 Å². The molecule has 1 aromatic carbocycles. The lowest BCUT2D eigenvalue weighted by atomic mass is 9.95. The Kier molecular flexibility index (Phi) is 2.25. The van der Waals surface area contributed by atoms with Crippen LogP contribution in [0.15, 0.2) is 18.2 Å². The van der Waals surface area contributed by atoms with E-state index in [-0.39, 0.29) is 6.10 Å². The number of fused-ring (bicyclic) bond motifs is 3. The molecular formula is C14H17NO. The minimum atomic E-state index is -0.376. The second kappa shape index (κ2) is 3.63. The molecule has 0 aliphatic heterocycles. The molecule has 1 aliphatic carbocycles. The first-order chi connectivity index (χ1) is 7.75. The van der Waals surface area contributed by atoms with Crippen LogP contribution in [0.4, 0.5) is 0 Å². The summed E-state index contributed by atoms with van der Waals surface area (Å²) in [6, 6.07) is 6.24. The van der Waals surface area contributed by atoms with Gasteiger partial charge in [-0.3, -0.25) is 0 Å². The van der Waals surface area contributed by atoms with Crippen LogP contribution in [0.3, 0.4) is 0 Å². The molecule has 3 rings (SSSR count). The number of aliphatic hydroxyl groups is 1. The van der Waals surface area contributed by atoms with Crippen LogP contribution in [0, 0.1) is 0 Å². The highest BCUT2D eigenvalue weighted by atomic mass is 16.3. The molecule has 1 aromatic heterocycles. The van der Waals surface area contributed by atoms with Crippen molar-refractivity contribution in [3.8, 4) is 0 Å². The van der Waals surface area contributed by atoms with E-state index in [0.29, 0.717) is 0 Å². The molecule has 0 fully saturated rings. The van der Waals surface area contributed by atoms with Gasteiger partial charge in [-0.2, -0.15) is 0 Å². The zero-order chi connectivity index (χ0) is 11.1. The first-order valence-corrected chi connectivity index (χ1v) is 6.07. The van der Waals surface area contributed by atoms with Gasteiger partial charge in [-0.1, -0.05) is 6.07 Å². The topological polar surface area (TPSA) is 36.0 Å². The van der Waals surface area contributed by atoms with Crippen LogP contribution < -0.4 is 0 Å². The number of hydrogen-bond acceptors (Lipinski definition) is 1. The number of hydrogen-bond donors (Lipinski definition) is 2. The molecule has 1 aliphatic rings. The van der Waals surface area contributed by atoms with E-state index in [9.17, 15) is 5.11 Å². The van der Waals surface area contributed by atoms with Gasteiger partial charge in [0.1, 0.15) is 0 Å². The highest BCUT2D eigenvalue weighted by molar-refractivity contribution is 5.85. The molecule has 84 valence electrons. The number of rotatable bonds is 1. The molecule has 2 aromatic rings. The van der Waals surface area contributed by atoms with Gasteiger partial charge >= 0.3 is 0 Å². The van der Waals surface area contributed by atoms with Crippen molar-refractivity contribution in [3.05, 3.63) is 35.0 Å². The van der Waals surface area contributed by atoms with Crippen LogP contribution in [-0.4, -0.2) is 10.1 Å². The van der Waals surface area contributed by atoms with Crippen LogP contribution in [-0.2, 0) is 12.8 Å². The molecule has 1 unspecified atom stereocenters. The van der Waals surface area contributed by atoms with Gasteiger partial charge in [0.05, 0.1) is 6.10 Å². The number of aryl methyl sites for hydroxylation is 2. The van der Waals surface area contributed by atoms with Gasteiger partial charge in [0.15, 0.2) is 0 Å². The number of aromatic nitrogens is 1. The van der Waals surface area contributed by atoms with Gasteiger partial charge in [-0.05, 0) is 55.9 Å². The largest absolute Gasteiger partial charge is 0.389 e. The Morgan fingerprint density at radius 2 is 2.06 bits per heavy atom. The first-order valence-electron chi connectivity index (χ1n) is 6.07. The molecule has 0 bridgehead atoms. The van der Waals surface area contributed by atoms with Crippen LogP contribution in [0.5, 0.6) is 0 Å². The first kappa shape index (κ1) is 9.91. The van der Waals surface area contributed by atoms with Gasteiger partial charge in [-0.25, -0.2) is 0 Å². The highest BCUT2D eigenvalue weighted by Crippen LogP contribution is 2.30. The van der Waals surface area contributed by atoms with Gasteiger partial charge < -0.3 is 10.1 Å². The Hall–Kier alpha value is -1.28. The quantitative estimate of drug-likeness (QED) is 0.753. The highest BCUT2D eigenvalue weighted by Gasteiger charge is 2.15. The SMILES string of the molecule is CC(O)c1ccc2[nH]c3c(c2c1)CCCC3. The summed E-state index contributed by atoms with van der Waals surface area (Å²) in [7, 11) is 0. The predicted octanol–water partition coefficient (Wildman–Crippen LogP) is 3.10. The van der Waals surface area contributed by atoms with Crippen molar-refractivity contribution in [2.45, 2.75) is 38.7 Å². The van der Waals surface area contributed by atoms with Crippen molar-refractivity contribution in [2.24, 2.45) is 0 Å². The van der Waals surface area contributed by atoms with Gasteiger partial charge in [-0.15, -0.1) is 0 Å². The monoisotopic (exact) mass is 215 g/mol. The summed E-state index contributed by atoms with van der Waals surface area (Å²) < 4.78 is 0. The number of aromatic amines is 1. The van der Waals surface area contributed by atoms with Crippen LogP contribution in [0.2, 0.25) is 0 Å². The summed E-state index contributed by atoms with van der Waals surface area (Å²) in [6.07, 6.45) is 4.56. The lowest BCUT2D eigenvalue weighted by molar-refractivity contribution is 0.199. The van der Waals surface area contributed by atoms with Crippen molar-refractivity contribution in [1.29, 1.82) is 0 Å². The van der Waals surface area contributed by atoms with Crippen molar-refractivity contribution in [1.82, 2.24) is 4.98 Å². The summed E-state index contributed by atoms with van der Waals surface area (Å²) >= 11 is 0. The Balaban J connectivity index is 2.21. The fourth-order valence-corrected chi connectivity index (χ4v) is 2.68. The molecule has 16 heavy (non-hydrogen) atoms. The van der Waals surface area contributed by atoms with E-state index in [1.807, 2.05) is 13.0 Å². The van der Waals surface area contributed by atoms with Crippen molar-refractivity contribution < 1.29 is 5.11 Å². The van der Waals surface area contributed by atoms with E-state index >= 15 is 0 Å². The molecule has 1 heterocycles. The number of nitrogens with one attached hydrogen (secondary N) is 1. The van der Waals surface area contributed by atoms with E-state index in [4.69, 9.17) is 0 Å². The fourth-order valence-electron chi connectivity index (χ4n) is 2.68. The Morgan fingerprint density at radius 3 is 2.88 bits per heavy atom. The van der Waals surface area contributed by atoms with Crippen LogP contribution in [0.1, 0.15) is 42.7 Å². The number of aliphatic hydroxyl groups excluding tert-OH is 1. The third kappa shape index (κ3) is 1.45. The summed E-state index contributed by atoms with van der Waals surface area (Å²) in [4.78, 5) is 3.50. The predicted molar refractivity (Wildman–Crippen MR) is 65.6 cm³/mol. The normalized spacial score (nSPS) is 17.4. The van der Waals surface area contributed by atoms with E-state index in [2.05, 4.69) is 17.1 Å². The zero-order valence-corrected chi connectivity index (χ0v) is 9.59. The molecule has 0 spiro atoms. The van der Waals surface area contributed by atoms with E-state index in [1.54, 1.807) is 0 Å². The summed E-state index contributed by atoms with van der Waals surface area (Å²) in [5.74, 6) is 0. The molecule has 1 atom stereocenters. The zero-order valence-electron chi connectivity index (χ0n) is 9.59. The summed E-state index contributed by atoms with van der Waals surface area (Å²) in [5, 5.41) is 10.9. The number of benzene rings is 1. The summed E-state index contributed by atoms with van der Waals surface area (Å²) in [5.41, 5.74) is 5.11. The van der Waals surface area contributed by atoms with Gasteiger partial charge in [0, 0.05) is 16.6 Å². The fraction of sp³-hybridized carbons (Fsp3) is 0.429. The average molecular weight is 215 g/mol. The third-order valence-electron chi connectivity index (χ3n) is 3.60. The summed E-state index contributed by atoms with van der Waals surface area (Å²) in [6.45, 7) is 1.82. The van der Waals surface area contributed by atoms with Crippen molar-refractivity contribution in [3.63, 3.8) is 0 Å². The maximum Gasteiger partial charge on any atom is 0.0762 e. The van der Waals surface area contributed by atoms with Gasteiger partial charge in [0.2, 0.25) is 0 Å². The molecule has 0 radical (unpaired) electrons. The lowest BCUT2D eigenvalue weighted by Gasteiger charge is -2.11. The number of H-pyrrole nitrogens is 1.